The minimum absolute atomic E-state index is 0.913. The van der Waals surface area contributed by atoms with Crippen molar-refractivity contribution in [3.63, 3.8) is 0 Å². The molecule has 1 nitrogen and oxygen atoms in total. The van der Waals surface area contributed by atoms with Crippen molar-refractivity contribution in [3.05, 3.63) is 158 Å². The van der Waals surface area contributed by atoms with E-state index < -0.39 is 0 Å². The molecular weight excluding hydrogens is 520 g/mol. The van der Waals surface area contributed by atoms with E-state index in [9.17, 15) is 0 Å². The molecule has 0 spiro atoms. The Labute approximate surface area is 249 Å². The molecule has 0 aliphatic rings. The zero-order chi connectivity index (χ0) is 28.3. The summed E-state index contributed by atoms with van der Waals surface area (Å²) in [4.78, 5) is 0. The Morgan fingerprint density at radius 1 is 0.326 bits per heavy atom. The molecule has 1 aromatic heterocycles. The highest BCUT2D eigenvalue weighted by Crippen LogP contribution is 2.47. The maximum Gasteiger partial charge on any atom is 0.136 e. The fraction of sp³-hybridized carbons (Fsp3) is 0. The van der Waals surface area contributed by atoms with Crippen LogP contribution in [0, 0.1) is 0 Å². The number of hydrogen-bond donors (Lipinski definition) is 0. The van der Waals surface area contributed by atoms with Crippen molar-refractivity contribution in [1.29, 1.82) is 0 Å². The number of rotatable bonds is 3. The number of fused-ring (bicyclic) bond motifs is 6. The highest BCUT2D eigenvalue weighted by atomic mass is 16.3. The van der Waals surface area contributed by atoms with Crippen LogP contribution in [0.25, 0.3) is 87.6 Å². The van der Waals surface area contributed by atoms with E-state index >= 15 is 0 Å². The van der Waals surface area contributed by atoms with Crippen LogP contribution in [0.3, 0.4) is 0 Å². The van der Waals surface area contributed by atoms with Crippen LogP contribution in [-0.4, -0.2) is 0 Å². The third kappa shape index (κ3) is 3.65. The SMILES string of the molecule is c1ccc(-c2c3ccccc3c(-c3cccc4ccccc34)c3cc(-c4cccc5oc6ccccc6c45)ccc23)cc1. The average Bonchev–Trinajstić information content (AvgIpc) is 3.46. The second-order valence-electron chi connectivity index (χ2n) is 11.2. The van der Waals surface area contributed by atoms with Gasteiger partial charge in [0, 0.05) is 10.8 Å². The smallest absolute Gasteiger partial charge is 0.136 e. The summed E-state index contributed by atoms with van der Waals surface area (Å²) in [6, 6.07) is 56.8. The van der Waals surface area contributed by atoms with Gasteiger partial charge in [0.25, 0.3) is 0 Å². The summed E-state index contributed by atoms with van der Waals surface area (Å²) in [7, 11) is 0. The summed E-state index contributed by atoms with van der Waals surface area (Å²) in [5.41, 5.74) is 9.22. The second-order valence-corrected chi connectivity index (χ2v) is 11.2. The molecule has 0 radical (unpaired) electrons. The third-order valence-corrected chi connectivity index (χ3v) is 8.86. The van der Waals surface area contributed by atoms with Gasteiger partial charge in [0.1, 0.15) is 11.2 Å². The van der Waals surface area contributed by atoms with Crippen LogP contribution in [0.5, 0.6) is 0 Å². The Bertz CT molecular complexity index is 2490. The number of benzene rings is 8. The van der Waals surface area contributed by atoms with Crippen molar-refractivity contribution in [2.24, 2.45) is 0 Å². The molecule has 9 aromatic rings. The van der Waals surface area contributed by atoms with E-state index in [0.29, 0.717) is 0 Å². The summed E-state index contributed by atoms with van der Waals surface area (Å²) in [6.45, 7) is 0. The van der Waals surface area contributed by atoms with Crippen LogP contribution in [0.2, 0.25) is 0 Å². The van der Waals surface area contributed by atoms with Crippen molar-refractivity contribution in [2.75, 3.05) is 0 Å². The maximum absolute atomic E-state index is 6.28. The van der Waals surface area contributed by atoms with Gasteiger partial charge in [0.15, 0.2) is 0 Å². The molecule has 200 valence electrons. The normalized spacial score (nSPS) is 11.7. The van der Waals surface area contributed by atoms with Crippen molar-refractivity contribution < 1.29 is 4.42 Å². The quantitative estimate of drug-likeness (QED) is 0.201. The lowest BCUT2D eigenvalue weighted by atomic mass is 9.83. The first kappa shape index (κ1) is 24.0. The zero-order valence-corrected chi connectivity index (χ0v) is 23.4. The summed E-state index contributed by atoms with van der Waals surface area (Å²) in [5, 5.41) is 9.83. The standard InChI is InChI=1S/C42H26O/c1-2-13-28(14-3-1)40-33-17-6-7-18-34(33)41(32-21-10-15-27-12-4-5-16-30(27)32)37-26-29(24-25-35(37)40)31-20-11-23-39-42(31)36-19-8-9-22-38(36)43-39/h1-26H. The fourth-order valence-electron chi connectivity index (χ4n) is 7.01. The Kier molecular flexibility index (Phi) is 5.27. The van der Waals surface area contributed by atoms with E-state index in [2.05, 4.69) is 152 Å². The lowest BCUT2D eigenvalue weighted by Crippen LogP contribution is -1.92. The first-order valence-electron chi connectivity index (χ1n) is 14.8. The van der Waals surface area contributed by atoms with Crippen LogP contribution < -0.4 is 0 Å². The van der Waals surface area contributed by atoms with Crippen LogP contribution in [0.4, 0.5) is 0 Å². The average molecular weight is 547 g/mol. The molecular formula is C42H26O. The lowest BCUT2D eigenvalue weighted by Gasteiger charge is -2.20. The maximum atomic E-state index is 6.28. The molecule has 1 heteroatoms. The van der Waals surface area contributed by atoms with E-state index in [-0.39, 0.29) is 0 Å². The predicted molar refractivity (Wildman–Crippen MR) is 183 cm³/mol. The monoisotopic (exact) mass is 546 g/mol. The van der Waals surface area contributed by atoms with E-state index in [0.717, 1.165) is 21.9 Å². The minimum atomic E-state index is 0.913. The molecule has 9 rings (SSSR count). The van der Waals surface area contributed by atoms with Crippen LogP contribution in [0.15, 0.2) is 162 Å². The third-order valence-electron chi connectivity index (χ3n) is 8.86. The van der Waals surface area contributed by atoms with Crippen molar-refractivity contribution >= 4 is 54.3 Å². The molecule has 0 bridgehead atoms. The highest BCUT2D eigenvalue weighted by Gasteiger charge is 2.19. The zero-order valence-electron chi connectivity index (χ0n) is 23.4. The molecule has 0 saturated carbocycles. The van der Waals surface area contributed by atoms with Crippen molar-refractivity contribution in [2.45, 2.75) is 0 Å². The van der Waals surface area contributed by atoms with Gasteiger partial charge in [-0.25, -0.2) is 0 Å². The molecule has 0 aliphatic heterocycles. The van der Waals surface area contributed by atoms with E-state index in [4.69, 9.17) is 4.42 Å². The molecule has 8 aromatic carbocycles. The Morgan fingerprint density at radius 2 is 0.930 bits per heavy atom. The van der Waals surface area contributed by atoms with E-state index in [1.54, 1.807) is 0 Å². The van der Waals surface area contributed by atoms with Gasteiger partial charge < -0.3 is 4.42 Å². The van der Waals surface area contributed by atoms with Crippen LogP contribution >= 0.6 is 0 Å². The van der Waals surface area contributed by atoms with Gasteiger partial charge in [-0.1, -0.05) is 140 Å². The van der Waals surface area contributed by atoms with Gasteiger partial charge in [0.2, 0.25) is 0 Å². The fourth-order valence-corrected chi connectivity index (χ4v) is 7.01. The summed E-state index contributed by atoms with van der Waals surface area (Å²) < 4.78 is 6.28. The topological polar surface area (TPSA) is 13.1 Å². The molecule has 0 unspecified atom stereocenters. The number of furan rings is 1. The first-order valence-corrected chi connectivity index (χ1v) is 14.8. The molecule has 0 fully saturated rings. The van der Waals surface area contributed by atoms with Gasteiger partial charge in [-0.3, -0.25) is 0 Å². The van der Waals surface area contributed by atoms with Gasteiger partial charge in [-0.2, -0.15) is 0 Å². The van der Waals surface area contributed by atoms with Gasteiger partial charge in [-0.05, 0) is 83.9 Å². The number of para-hydroxylation sites is 1. The van der Waals surface area contributed by atoms with Gasteiger partial charge in [-0.15, -0.1) is 0 Å². The second kappa shape index (κ2) is 9.44. The molecule has 0 amide bonds. The molecule has 0 atom stereocenters. The van der Waals surface area contributed by atoms with Crippen LogP contribution in [0.1, 0.15) is 0 Å². The Morgan fingerprint density at radius 3 is 1.79 bits per heavy atom. The minimum Gasteiger partial charge on any atom is -0.456 e. The van der Waals surface area contributed by atoms with Gasteiger partial charge in [0.05, 0.1) is 0 Å². The largest absolute Gasteiger partial charge is 0.456 e. The van der Waals surface area contributed by atoms with Crippen molar-refractivity contribution in [1.82, 2.24) is 0 Å². The molecule has 0 saturated heterocycles. The molecule has 0 aliphatic carbocycles. The van der Waals surface area contributed by atoms with E-state index in [1.165, 1.54) is 65.7 Å². The first-order chi connectivity index (χ1) is 21.3. The summed E-state index contributed by atoms with van der Waals surface area (Å²) in [5.74, 6) is 0. The van der Waals surface area contributed by atoms with Crippen LogP contribution in [-0.2, 0) is 0 Å². The summed E-state index contributed by atoms with van der Waals surface area (Å²) >= 11 is 0. The van der Waals surface area contributed by atoms with Gasteiger partial charge >= 0.3 is 0 Å². The number of hydrogen-bond acceptors (Lipinski definition) is 1. The predicted octanol–water partition coefficient (Wildman–Crippen LogP) is 12.0. The Hall–Kier alpha value is -5.66. The highest BCUT2D eigenvalue weighted by molar-refractivity contribution is 6.24. The van der Waals surface area contributed by atoms with E-state index in [1.807, 2.05) is 6.07 Å². The Balaban J connectivity index is 1.46. The molecule has 43 heavy (non-hydrogen) atoms. The summed E-state index contributed by atoms with van der Waals surface area (Å²) in [6.07, 6.45) is 0. The molecule has 0 N–H and O–H groups in total. The molecule has 1 heterocycles. The lowest BCUT2D eigenvalue weighted by molar-refractivity contribution is 0.669. The van der Waals surface area contributed by atoms with Crippen molar-refractivity contribution in [3.8, 4) is 33.4 Å².